The Morgan fingerprint density at radius 3 is 2.95 bits per heavy atom. The quantitative estimate of drug-likeness (QED) is 0.842. The molecule has 0 saturated carbocycles. The van der Waals surface area contributed by atoms with Crippen molar-refractivity contribution in [3.05, 3.63) is 32.7 Å². The van der Waals surface area contributed by atoms with E-state index in [0.29, 0.717) is 17.3 Å². The molecule has 102 valence electrons. The molecule has 5 heteroatoms. The Kier molecular flexibility index (Phi) is 3.53. The number of aryl methyl sites for hydroxylation is 1. The highest BCUT2D eigenvalue weighted by Crippen LogP contribution is 2.40. The maximum Gasteiger partial charge on any atom is 0.142 e. The van der Waals surface area contributed by atoms with Crippen molar-refractivity contribution in [3.63, 3.8) is 0 Å². The summed E-state index contributed by atoms with van der Waals surface area (Å²) in [6.45, 7) is 2.25. The van der Waals surface area contributed by atoms with Crippen molar-refractivity contribution in [2.75, 3.05) is 5.73 Å². The van der Waals surface area contributed by atoms with Crippen molar-refractivity contribution in [1.29, 1.82) is 5.26 Å². The number of nitrogen functional groups attached to an aromatic ring is 1. The average Bonchev–Trinajstić information content (AvgIpc) is 2.84. The van der Waals surface area contributed by atoms with Gasteiger partial charge in [-0.15, -0.1) is 11.3 Å². The van der Waals surface area contributed by atoms with Crippen molar-refractivity contribution in [2.45, 2.75) is 26.2 Å². The molecule has 2 N–H and O–H groups in total. The van der Waals surface area contributed by atoms with Crippen molar-refractivity contribution in [2.24, 2.45) is 5.92 Å². The number of fused-ring (bicyclic) bond motifs is 1. The van der Waals surface area contributed by atoms with Gasteiger partial charge in [-0.25, -0.2) is 4.98 Å². The lowest BCUT2D eigenvalue weighted by Crippen LogP contribution is -2.16. The van der Waals surface area contributed by atoms with E-state index in [-0.39, 0.29) is 0 Å². The summed E-state index contributed by atoms with van der Waals surface area (Å²) in [7, 11) is 0. The second-order valence-electron chi connectivity index (χ2n) is 5.24. The maximum atomic E-state index is 9.46. The molecule has 1 aliphatic rings. The Labute approximate surface area is 130 Å². The molecule has 0 saturated heterocycles. The van der Waals surface area contributed by atoms with Crippen molar-refractivity contribution < 1.29 is 0 Å². The van der Waals surface area contributed by atoms with Gasteiger partial charge in [0.15, 0.2) is 0 Å². The molecule has 0 aliphatic heterocycles. The fraction of sp³-hybridized carbons (Fsp3) is 0.333. The fourth-order valence-electron chi connectivity index (χ4n) is 2.79. The second kappa shape index (κ2) is 5.19. The van der Waals surface area contributed by atoms with Gasteiger partial charge in [0.05, 0.1) is 3.79 Å². The Bertz CT molecular complexity index is 715. The zero-order valence-electron chi connectivity index (χ0n) is 11.1. The topological polar surface area (TPSA) is 62.7 Å². The van der Waals surface area contributed by atoms with Crippen LogP contribution in [-0.4, -0.2) is 4.98 Å². The van der Waals surface area contributed by atoms with Crippen LogP contribution in [0, 0.1) is 17.2 Å². The van der Waals surface area contributed by atoms with E-state index in [0.717, 1.165) is 39.2 Å². The second-order valence-corrected chi connectivity index (χ2v) is 7.70. The van der Waals surface area contributed by atoms with Crippen LogP contribution in [0.1, 0.15) is 30.2 Å². The number of nitriles is 1. The third kappa shape index (κ3) is 2.23. The molecule has 2 aromatic heterocycles. The third-order valence-corrected chi connectivity index (χ3v) is 5.41. The summed E-state index contributed by atoms with van der Waals surface area (Å²) in [5, 5.41) is 9.46. The van der Waals surface area contributed by atoms with Gasteiger partial charge in [-0.1, -0.05) is 6.92 Å². The Morgan fingerprint density at radius 1 is 1.50 bits per heavy atom. The Morgan fingerprint density at radius 2 is 2.30 bits per heavy atom. The van der Waals surface area contributed by atoms with Crippen molar-refractivity contribution in [1.82, 2.24) is 4.98 Å². The highest BCUT2D eigenvalue weighted by molar-refractivity contribution is 9.11. The van der Waals surface area contributed by atoms with Crippen LogP contribution in [0.2, 0.25) is 0 Å². The van der Waals surface area contributed by atoms with Crippen molar-refractivity contribution >= 4 is 33.1 Å². The van der Waals surface area contributed by atoms with E-state index in [1.165, 1.54) is 5.56 Å². The summed E-state index contributed by atoms with van der Waals surface area (Å²) in [5.74, 6) is 0.988. The number of hydrogen-bond donors (Lipinski definition) is 1. The Hall–Kier alpha value is -1.38. The van der Waals surface area contributed by atoms with E-state index in [1.807, 2.05) is 12.1 Å². The number of halogens is 1. The SMILES string of the molecule is CC1CCc2nc(N)c(C#N)c(-c3ccc(Br)s3)c2C1. The van der Waals surface area contributed by atoms with Gasteiger partial charge in [0.25, 0.3) is 0 Å². The van der Waals surface area contributed by atoms with Crippen LogP contribution in [-0.2, 0) is 12.8 Å². The van der Waals surface area contributed by atoms with Crippen LogP contribution in [0.15, 0.2) is 15.9 Å². The molecule has 1 aliphatic carbocycles. The van der Waals surface area contributed by atoms with E-state index >= 15 is 0 Å². The van der Waals surface area contributed by atoms with Gasteiger partial charge in [0.1, 0.15) is 17.5 Å². The number of thiophene rings is 1. The number of hydrogen-bond acceptors (Lipinski definition) is 4. The van der Waals surface area contributed by atoms with Gasteiger partial charge in [-0.05, 0) is 58.8 Å². The van der Waals surface area contributed by atoms with Gasteiger partial charge in [0.2, 0.25) is 0 Å². The average molecular weight is 348 g/mol. The van der Waals surface area contributed by atoms with Gasteiger partial charge in [-0.3, -0.25) is 0 Å². The highest BCUT2D eigenvalue weighted by Gasteiger charge is 2.25. The van der Waals surface area contributed by atoms with Crippen LogP contribution in [0.5, 0.6) is 0 Å². The lowest BCUT2D eigenvalue weighted by atomic mass is 9.83. The maximum absolute atomic E-state index is 9.46. The molecular formula is C15H14BrN3S. The van der Waals surface area contributed by atoms with E-state index in [2.05, 4.69) is 33.9 Å². The number of pyridine rings is 1. The third-order valence-electron chi connectivity index (χ3n) is 3.77. The summed E-state index contributed by atoms with van der Waals surface area (Å²) in [5.41, 5.74) is 9.79. The molecule has 0 spiro atoms. The van der Waals surface area contributed by atoms with E-state index in [9.17, 15) is 5.26 Å². The summed E-state index contributed by atoms with van der Waals surface area (Å²) >= 11 is 5.13. The molecule has 0 bridgehead atoms. The number of nitrogens with two attached hydrogens (primary N) is 1. The van der Waals surface area contributed by atoms with Crippen LogP contribution < -0.4 is 5.73 Å². The number of anilines is 1. The van der Waals surface area contributed by atoms with Gasteiger partial charge >= 0.3 is 0 Å². The molecule has 2 aromatic rings. The van der Waals surface area contributed by atoms with Gasteiger partial charge < -0.3 is 5.73 Å². The van der Waals surface area contributed by atoms with E-state index in [4.69, 9.17) is 5.73 Å². The molecule has 0 amide bonds. The zero-order valence-corrected chi connectivity index (χ0v) is 13.5. The standard InChI is InChI=1S/C15H14BrN3S/c1-8-2-3-11-9(6-8)14(10(7-17)15(18)19-11)12-4-5-13(16)20-12/h4-5,8H,2-3,6H2,1H3,(H2,18,19). The first-order chi connectivity index (χ1) is 9.60. The molecule has 20 heavy (non-hydrogen) atoms. The molecule has 3 rings (SSSR count). The van der Waals surface area contributed by atoms with Gasteiger partial charge in [-0.2, -0.15) is 5.26 Å². The highest BCUT2D eigenvalue weighted by atomic mass is 79.9. The van der Waals surface area contributed by atoms with Crippen LogP contribution >= 0.6 is 27.3 Å². The van der Waals surface area contributed by atoms with Gasteiger partial charge in [0, 0.05) is 16.1 Å². The molecular weight excluding hydrogens is 334 g/mol. The van der Waals surface area contributed by atoms with Crippen LogP contribution in [0.4, 0.5) is 5.82 Å². The predicted molar refractivity (Wildman–Crippen MR) is 85.6 cm³/mol. The van der Waals surface area contributed by atoms with E-state index < -0.39 is 0 Å². The van der Waals surface area contributed by atoms with Crippen LogP contribution in [0.25, 0.3) is 10.4 Å². The van der Waals surface area contributed by atoms with Crippen molar-refractivity contribution in [3.8, 4) is 16.5 Å². The fourth-order valence-corrected chi connectivity index (χ4v) is 4.25. The molecule has 0 fully saturated rings. The lowest BCUT2D eigenvalue weighted by molar-refractivity contribution is 0.495. The molecule has 0 aromatic carbocycles. The predicted octanol–water partition coefficient (Wildman–Crippen LogP) is 4.15. The number of nitrogens with zero attached hydrogens (tertiary/aromatic N) is 2. The monoisotopic (exact) mass is 347 g/mol. The lowest BCUT2D eigenvalue weighted by Gasteiger charge is -2.24. The largest absolute Gasteiger partial charge is 0.383 e. The summed E-state index contributed by atoms with van der Waals surface area (Å²) in [6.07, 6.45) is 3.06. The zero-order chi connectivity index (χ0) is 14.3. The summed E-state index contributed by atoms with van der Waals surface area (Å²) < 4.78 is 1.06. The van der Waals surface area contributed by atoms with Crippen LogP contribution in [0.3, 0.4) is 0 Å². The first-order valence-corrected chi connectivity index (χ1v) is 8.18. The normalized spacial score (nSPS) is 17.6. The summed E-state index contributed by atoms with van der Waals surface area (Å²) in [4.78, 5) is 5.55. The van der Waals surface area contributed by atoms with E-state index in [1.54, 1.807) is 11.3 Å². The minimum absolute atomic E-state index is 0.361. The molecule has 1 atom stereocenters. The smallest absolute Gasteiger partial charge is 0.142 e. The number of rotatable bonds is 1. The molecule has 1 unspecified atom stereocenters. The first-order valence-electron chi connectivity index (χ1n) is 6.57. The molecule has 0 radical (unpaired) electrons. The molecule has 2 heterocycles. The first kappa shape index (κ1) is 13.6. The minimum Gasteiger partial charge on any atom is -0.383 e. The Balaban J connectivity index is 2.30. The summed E-state index contributed by atoms with van der Waals surface area (Å²) in [6, 6.07) is 6.30. The molecule has 3 nitrogen and oxygen atoms in total. The number of aromatic nitrogens is 1. The minimum atomic E-state index is 0.361.